The molecule has 0 unspecified atom stereocenters. The number of anilines is 1. The van der Waals surface area contributed by atoms with Crippen LogP contribution in [0.4, 0.5) is 5.69 Å². The van der Waals surface area contributed by atoms with Crippen molar-refractivity contribution >= 4 is 29.2 Å². The monoisotopic (exact) mass is 304 g/mol. The number of nitrogens with zero attached hydrogens (tertiary/aromatic N) is 1. The highest BCUT2D eigenvalue weighted by molar-refractivity contribution is 6.34. The van der Waals surface area contributed by atoms with Crippen LogP contribution in [0.5, 0.6) is 0 Å². The molecule has 0 aliphatic carbocycles. The zero-order chi connectivity index (χ0) is 15.6. The largest absolute Gasteiger partial charge is 0.478 e. The number of carboxylic acid groups (broad SMARTS) is 1. The lowest BCUT2D eigenvalue weighted by Crippen LogP contribution is -2.14. The summed E-state index contributed by atoms with van der Waals surface area (Å²) in [5.74, 6) is -1.45. The number of hydrogen-bond donors (Lipinski definition) is 2. The smallest absolute Gasteiger partial charge is 0.336 e. The molecule has 1 aromatic carbocycles. The number of carbonyl (C=O) groups excluding carboxylic acids is 1. The van der Waals surface area contributed by atoms with Crippen LogP contribution in [0.25, 0.3) is 0 Å². The Morgan fingerprint density at radius 2 is 1.95 bits per heavy atom. The van der Waals surface area contributed by atoms with Gasteiger partial charge in [-0.25, -0.2) is 4.79 Å². The molecule has 1 heterocycles. The number of pyridine rings is 1. The van der Waals surface area contributed by atoms with Gasteiger partial charge in [-0.2, -0.15) is 0 Å². The minimum Gasteiger partial charge on any atom is -0.478 e. The van der Waals surface area contributed by atoms with E-state index in [9.17, 15) is 9.59 Å². The molecule has 0 radical (unpaired) electrons. The van der Waals surface area contributed by atoms with E-state index in [-0.39, 0.29) is 16.1 Å². The minimum atomic E-state index is -1.03. The Labute approximate surface area is 126 Å². The summed E-state index contributed by atoms with van der Waals surface area (Å²) in [4.78, 5) is 27.1. The van der Waals surface area contributed by atoms with E-state index >= 15 is 0 Å². The zero-order valence-corrected chi connectivity index (χ0v) is 12.2. The second kappa shape index (κ2) is 5.93. The summed E-state index contributed by atoms with van der Waals surface area (Å²) in [5.41, 5.74) is 2.30. The molecular formula is C15H13ClN2O3. The maximum absolute atomic E-state index is 12.1. The van der Waals surface area contributed by atoms with Crippen LogP contribution in [-0.4, -0.2) is 22.0 Å². The van der Waals surface area contributed by atoms with Crippen molar-refractivity contribution in [3.8, 4) is 0 Å². The SMILES string of the molecule is Cc1cc(NC(=O)c2ccncc2Cl)cc(C(=O)O)c1C. The van der Waals surface area contributed by atoms with Gasteiger partial charge in [0.15, 0.2) is 0 Å². The number of amides is 1. The zero-order valence-electron chi connectivity index (χ0n) is 11.5. The molecule has 0 aliphatic rings. The Balaban J connectivity index is 2.34. The highest BCUT2D eigenvalue weighted by Gasteiger charge is 2.14. The normalized spacial score (nSPS) is 10.2. The van der Waals surface area contributed by atoms with Crippen LogP contribution in [0.1, 0.15) is 31.8 Å². The van der Waals surface area contributed by atoms with E-state index < -0.39 is 11.9 Å². The molecule has 6 heteroatoms. The van der Waals surface area contributed by atoms with E-state index in [1.165, 1.54) is 24.5 Å². The van der Waals surface area contributed by atoms with Gasteiger partial charge in [0.1, 0.15) is 0 Å². The third-order valence-electron chi connectivity index (χ3n) is 3.17. The van der Waals surface area contributed by atoms with Crippen LogP contribution in [0.3, 0.4) is 0 Å². The van der Waals surface area contributed by atoms with Crippen molar-refractivity contribution in [3.63, 3.8) is 0 Å². The number of aryl methyl sites for hydroxylation is 1. The Hall–Kier alpha value is -2.40. The fourth-order valence-electron chi connectivity index (χ4n) is 1.91. The fraction of sp³-hybridized carbons (Fsp3) is 0.133. The van der Waals surface area contributed by atoms with Gasteiger partial charge in [0.05, 0.1) is 16.1 Å². The van der Waals surface area contributed by atoms with E-state index in [0.29, 0.717) is 11.3 Å². The lowest BCUT2D eigenvalue weighted by atomic mass is 10.0. The van der Waals surface area contributed by atoms with Gasteiger partial charge in [-0.3, -0.25) is 9.78 Å². The quantitative estimate of drug-likeness (QED) is 0.912. The molecule has 21 heavy (non-hydrogen) atoms. The highest BCUT2D eigenvalue weighted by Crippen LogP contribution is 2.22. The lowest BCUT2D eigenvalue weighted by molar-refractivity contribution is 0.0695. The van der Waals surface area contributed by atoms with Crippen LogP contribution in [0.2, 0.25) is 5.02 Å². The van der Waals surface area contributed by atoms with Gasteiger partial charge in [0.25, 0.3) is 5.91 Å². The number of carboxylic acids is 1. The molecule has 1 aromatic heterocycles. The Morgan fingerprint density at radius 1 is 1.24 bits per heavy atom. The van der Waals surface area contributed by atoms with Crippen LogP contribution in [-0.2, 0) is 0 Å². The topological polar surface area (TPSA) is 79.3 Å². The molecule has 0 aliphatic heterocycles. The number of nitrogens with one attached hydrogen (secondary N) is 1. The summed E-state index contributed by atoms with van der Waals surface area (Å²) >= 11 is 5.91. The average molecular weight is 305 g/mol. The van der Waals surface area contributed by atoms with E-state index in [0.717, 1.165) is 5.56 Å². The first-order valence-corrected chi connectivity index (χ1v) is 6.53. The van der Waals surface area contributed by atoms with Crippen molar-refractivity contribution in [1.82, 2.24) is 4.98 Å². The van der Waals surface area contributed by atoms with Gasteiger partial charge in [-0.1, -0.05) is 11.6 Å². The van der Waals surface area contributed by atoms with Crippen molar-refractivity contribution in [2.24, 2.45) is 0 Å². The van der Waals surface area contributed by atoms with Crippen molar-refractivity contribution in [3.05, 3.63) is 57.9 Å². The predicted octanol–water partition coefficient (Wildman–Crippen LogP) is 3.30. The van der Waals surface area contributed by atoms with Gasteiger partial charge in [-0.05, 0) is 43.2 Å². The second-order valence-corrected chi connectivity index (χ2v) is 4.99. The maximum Gasteiger partial charge on any atom is 0.336 e. The number of benzene rings is 1. The lowest BCUT2D eigenvalue weighted by Gasteiger charge is -2.11. The first-order valence-electron chi connectivity index (χ1n) is 6.15. The molecule has 2 rings (SSSR count). The molecular weight excluding hydrogens is 292 g/mol. The molecule has 0 saturated carbocycles. The summed E-state index contributed by atoms with van der Waals surface area (Å²) in [6, 6.07) is 4.64. The van der Waals surface area contributed by atoms with Crippen molar-refractivity contribution in [1.29, 1.82) is 0 Å². The van der Waals surface area contributed by atoms with Crippen LogP contribution >= 0.6 is 11.6 Å². The van der Waals surface area contributed by atoms with Gasteiger partial charge in [0.2, 0.25) is 0 Å². The van der Waals surface area contributed by atoms with E-state index in [1.807, 2.05) is 0 Å². The number of carbonyl (C=O) groups is 2. The molecule has 0 spiro atoms. The molecule has 2 N–H and O–H groups in total. The van der Waals surface area contributed by atoms with E-state index in [2.05, 4.69) is 10.3 Å². The standard InChI is InChI=1S/C15H13ClN2O3/c1-8-5-10(6-12(9(8)2)15(20)21)18-14(19)11-3-4-17-7-13(11)16/h3-7H,1-2H3,(H,18,19)(H,20,21). The number of hydrogen-bond acceptors (Lipinski definition) is 3. The van der Waals surface area contributed by atoms with Crippen molar-refractivity contribution < 1.29 is 14.7 Å². The average Bonchev–Trinajstić information content (AvgIpc) is 2.42. The molecule has 0 bridgehead atoms. The van der Waals surface area contributed by atoms with E-state index in [4.69, 9.17) is 16.7 Å². The van der Waals surface area contributed by atoms with Crippen LogP contribution in [0.15, 0.2) is 30.6 Å². The first-order chi connectivity index (χ1) is 9.90. The second-order valence-electron chi connectivity index (χ2n) is 4.58. The summed E-state index contributed by atoms with van der Waals surface area (Å²) in [6.45, 7) is 3.51. The molecule has 0 saturated heterocycles. The Bertz CT molecular complexity index is 729. The van der Waals surface area contributed by atoms with E-state index in [1.54, 1.807) is 19.9 Å². The first kappa shape index (κ1) is 15.0. The number of halogens is 1. The third kappa shape index (κ3) is 3.20. The van der Waals surface area contributed by atoms with Gasteiger partial charge >= 0.3 is 5.97 Å². The summed E-state index contributed by atoms with van der Waals surface area (Å²) in [5, 5.41) is 12.0. The highest BCUT2D eigenvalue weighted by atomic mass is 35.5. The molecule has 0 atom stereocenters. The third-order valence-corrected chi connectivity index (χ3v) is 3.47. The van der Waals surface area contributed by atoms with Gasteiger partial charge in [0, 0.05) is 18.1 Å². The van der Waals surface area contributed by atoms with Gasteiger partial charge in [-0.15, -0.1) is 0 Å². The Kier molecular flexibility index (Phi) is 4.23. The summed E-state index contributed by atoms with van der Waals surface area (Å²) in [6.07, 6.45) is 2.84. The predicted molar refractivity (Wildman–Crippen MR) is 80.1 cm³/mol. The molecule has 2 aromatic rings. The number of aromatic nitrogens is 1. The fourth-order valence-corrected chi connectivity index (χ4v) is 2.12. The van der Waals surface area contributed by atoms with Crippen molar-refractivity contribution in [2.75, 3.05) is 5.32 Å². The molecule has 108 valence electrons. The van der Waals surface area contributed by atoms with Crippen LogP contribution in [0, 0.1) is 13.8 Å². The molecule has 0 fully saturated rings. The number of aromatic carboxylic acids is 1. The number of rotatable bonds is 3. The molecule has 1 amide bonds. The maximum atomic E-state index is 12.1. The van der Waals surface area contributed by atoms with Gasteiger partial charge < -0.3 is 10.4 Å². The van der Waals surface area contributed by atoms with Crippen molar-refractivity contribution in [2.45, 2.75) is 13.8 Å². The van der Waals surface area contributed by atoms with Crippen LogP contribution < -0.4 is 5.32 Å². The molecule has 5 nitrogen and oxygen atoms in total. The Morgan fingerprint density at radius 3 is 2.57 bits per heavy atom. The minimum absolute atomic E-state index is 0.158. The summed E-state index contributed by atoms with van der Waals surface area (Å²) in [7, 11) is 0. The summed E-state index contributed by atoms with van der Waals surface area (Å²) < 4.78 is 0.